The normalized spacial score (nSPS) is 11.8. The lowest BCUT2D eigenvalue weighted by atomic mass is 9.96. The average molecular weight is 371 g/mol. The maximum Gasteiger partial charge on any atom is 0.251 e. The minimum atomic E-state index is -0.161. The predicted octanol–water partition coefficient (Wildman–Crippen LogP) is 4.33. The fourth-order valence-corrected chi connectivity index (χ4v) is 2.87. The fraction of sp³-hybridized carbons (Fsp3) is 0.409. The van der Waals surface area contributed by atoms with Gasteiger partial charge in [-0.25, -0.2) is 0 Å². The van der Waals surface area contributed by atoms with Crippen LogP contribution >= 0.6 is 0 Å². The minimum absolute atomic E-state index is 0.117. The number of para-hydroxylation sites is 2. The maximum atomic E-state index is 12.8. The van der Waals surface area contributed by atoms with Crippen molar-refractivity contribution in [1.82, 2.24) is 5.32 Å². The van der Waals surface area contributed by atoms with Crippen LogP contribution in [-0.2, 0) is 0 Å². The van der Waals surface area contributed by atoms with Gasteiger partial charge in [0, 0.05) is 5.56 Å². The molecule has 2 aromatic rings. The van der Waals surface area contributed by atoms with Crippen molar-refractivity contribution >= 4 is 5.91 Å². The minimum Gasteiger partial charge on any atom is -0.496 e. The highest BCUT2D eigenvalue weighted by Gasteiger charge is 2.17. The number of amides is 1. The SMILES string of the molecule is COc1ccccc1OC[C@@H](C)NC(=O)c1cc(C(C)C)c(OC)cc1C. The number of carbonyl (C=O) groups excluding carboxylic acids is 1. The molecule has 0 spiro atoms. The van der Waals surface area contributed by atoms with E-state index in [4.69, 9.17) is 14.2 Å². The lowest BCUT2D eigenvalue weighted by Crippen LogP contribution is -2.37. The van der Waals surface area contributed by atoms with Crippen molar-refractivity contribution in [2.24, 2.45) is 0 Å². The number of benzene rings is 2. The Labute approximate surface area is 161 Å². The number of hydrogen-bond acceptors (Lipinski definition) is 4. The smallest absolute Gasteiger partial charge is 0.251 e. The summed E-state index contributed by atoms with van der Waals surface area (Å²) in [5.74, 6) is 2.28. The first kappa shape index (κ1) is 20.6. The van der Waals surface area contributed by atoms with Crippen LogP contribution in [0.15, 0.2) is 36.4 Å². The molecule has 0 aliphatic carbocycles. The van der Waals surface area contributed by atoms with E-state index in [1.165, 1.54) is 0 Å². The Morgan fingerprint density at radius 2 is 1.63 bits per heavy atom. The quantitative estimate of drug-likeness (QED) is 0.750. The van der Waals surface area contributed by atoms with Crippen molar-refractivity contribution in [3.05, 3.63) is 53.1 Å². The second kappa shape index (κ2) is 9.31. The summed E-state index contributed by atoms with van der Waals surface area (Å²) in [6, 6.07) is 11.1. The number of ether oxygens (including phenoxy) is 3. The van der Waals surface area contributed by atoms with Crippen LogP contribution in [0.3, 0.4) is 0 Å². The highest BCUT2D eigenvalue weighted by molar-refractivity contribution is 5.96. The van der Waals surface area contributed by atoms with Crippen LogP contribution in [0.4, 0.5) is 0 Å². The van der Waals surface area contributed by atoms with Crippen molar-refractivity contribution in [2.75, 3.05) is 20.8 Å². The Morgan fingerprint density at radius 3 is 2.22 bits per heavy atom. The van der Waals surface area contributed by atoms with Crippen LogP contribution in [0.5, 0.6) is 17.2 Å². The molecule has 0 saturated heterocycles. The molecule has 0 saturated carbocycles. The molecule has 0 radical (unpaired) electrons. The van der Waals surface area contributed by atoms with Crippen molar-refractivity contribution < 1.29 is 19.0 Å². The monoisotopic (exact) mass is 371 g/mol. The molecule has 0 fully saturated rings. The van der Waals surface area contributed by atoms with E-state index in [1.54, 1.807) is 14.2 Å². The second-order valence-electron chi connectivity index (χ2n) is 6.90. The van der Waals surface area contributed by atoms with Gasteiger partial charge in [0.25, 0.3) is 5.91 Å². The summed E-state index contributed by atoms with van der Waals surface area (Å²) in [7, 11) is 3.25. The molecule has 0 heterocycles. The van der Waals surface area contributed by atoms with Crippen LogP contribution in [0.2, 0.25) is 0 Å². The van der Waals surface area contributed by atoms with Gasteiger partial charge in [-0.2, -0.15) is 0 Å². The lowest BCUT2D eigenvalue weighted by Gasteiger charge is -2.19. The van der Waals surface area contributed by atoms with Gasteiger partial charge >= 0.3 is 0 Å². The average Bonchev–Trinajstić information content (AvgIpc) is 2.65. The number of nitrogens with one attached hydrogen (secondary N) is 1. The molecule has 27 heavy (non-hydrogen) atoms. The Balaban J connectivity index is 2.07. The van der Waals surface area contributed by atoms with Crippen LogP contribution in [-0.4, -0.2) is 32.8 Å². The summed E-state index contributed by atoms with van der Waals surface area (Å²) in [4.78, 5) is 12.8. The van der Waals surface area contributed by atoms with Gasteiger partial charge in [0.1, 0.15) is 12.4 Å². The third-order valence-electron chi connectivity index (χ3n) is 4.38. The topological polar surface area (TPSA) is 56.8 Å². The summed E-state index contributed by atoms with van der Waals surface area (Å²) < 4.78 is 16.5. The Kier molecular flexibility index (Phi) is 7.11. The maximum absolute atomic E-state index is 12.8. The third kappa shape index (κ3) is 5.16. The van der Waals surface area contributed by atoms with Crippen LogP contribution in [0.25, 0.3) is 0 Å². The van der Waals surface area contributed by atoms with Gasteiger partial charge in [0.15, 0.2) is 11.5 Å². The second-order valence-corrected chi connectivity index (χ2v) is 6.90. The van der Waals surface area contributed by atoms with E-state index in [9.17, 15) is 4.79 Å². The van der Waals surface area contributed by atoms with E-state index >= 15 is 0 Å². The zero-order valence-electron chi connectivity index (χ0n) is 17.0. The third-order valence-corrected chi connectivity index (χ3v) is 4.38. The number of aryl methyl sites for hydroxylation is 1. The Bertz CT molecular complexity index is 786. The van der Waals surface area contributed by atoms with E-state index < -0.39 is 0 Å². The molecule has 0 aromatic heterocycles. The first-order valence-electron chi connectivity index (χ1n) is 9.12. The first-order valence-corrected chi connectivity index (χ1v) is 9.12. The number of hydrogen-bond donors (Lipinski definition) is 1. The predicted molar refractivity (Wildman–Crippen MR) is 107 cm³/mol. The van der Waals surface area contributed by atoms with Crippen molar-refractivity contribution in [2.45, 2.75) is 39.7 Å². The summed E-state index contributed by atoms with van der Waals surface area (Å²) in [5.41, 5.74) is 2.56. The summed E-state index contributed by atoms with van der Waals surface area (Å²) in [6.45, 7) is 8.34. The molecular weight excluding hydrogens is 342 g/mol. The fourth-order valence-electron chi connectivity index (χ4n) is 2.87. The van der Waals surface area contributed by atoms with Gasteiger partial charge in [-0.1, -0.05) is 26.0 Å². The molecule has 0 aliphatic heterocycles. The molecule has 5 heteroatoms. The number of carbonyl (C=O) groups is 1. The molecule has 1 N–H and O–H groups in total. The molecule has 2 rings (SSSR count). The summed E-state index contributed by atoms with van der Waals surface area (Å²) >= 11 is 0. The van der Waals surface area contributed by atoms with E-state index in [1.807, 2.05) is 50.2 Å². The standard InChI is InChI=1S/C22H29NO4/c1-14(2)17-12-18(15(3)11-21(17)26-6)22(24)23-16(4)13-27-20-10-8-7-9-19(20)25-5/h7-12,14,16H,13H2,1-6H3,(H,23,24)/t16-/m1/s1. The molecule has 1 amide bonds. The molecule has 0 unspecified atom stereocenters. The Hall–Kier alpha value is -2.69. The molecule has 0 bridgehead atoms. The van der Waals surface area contributed by atoms with E-state index in [2.05, 4.69) is 19.2 Å². The van der Waals surface area contributed by atoms with Gasteiger partial charge in [-0.3, -0.25) is 4.79 Å². The van der Waals surface area contributed by atoms with E-state index in [0.717, 1.165) is 16.9 Å². The summed E-state index contributed by atoms with van der Waals surface area (Å²) in [5, 5.41) is 3.00. The summed E-state index contributed by atoms with van der Waals surface area (Å²) in [6.07, 6.45) is 0. The zero-order valence-corrected chi connectivity index (χ0v) is 17.0. The van der Waals surface area contributed by atoms with Crippen molar-refractivity contribution in [1.29, 1.82) is 0 Å². The largest absolute Gasteiger partial charge is 0.496 e. The zero-order chi connectivity index (χ0) is 20.0. The van der Waals surface area contributed by atoms with Gasteiger partial charge in [-0.05, 0) is 55.2 Å². The molecule has 5 nitrogen and oxygen atoms in total. The van der Waals surface area contributed by atoms with Gasteiger partial charge in [0.05, 0.1) is 20.3 Å². The molecule has 0 aliphatic rings. The van der Waals surface area contributed by atoms with Crippen LogP contribution < -0.4 is 19.5 Å². The first-order chi connectivity index (χ1) is 12.9. The number of methoxy groups -OCH3 is 2. The van der Waals surface area contributed by atoms with E-state index in [-0.39, 0.29) is 17.9 Å². The highest BCUT2D eigenvalue weighted by Crippen LogP contribution is 2.30. The van der Waals surface area contributed by atoms with Crippen molar-refractivity contribution in [3.63, 3.8) is 0 Å². The molecular formula is C22H29NO4. The van der Waals surface area contributed by atoms with E-state index in [0.29, 0.717) is 23.7 Å². The van der Waals surface area contributed by atoms with Gasteiger partial charge in [0.2, 0.25) is 0 Å². The van der Waals surface area contributed by atoms with Gasteiger partial charge < -0.3 is 19.5 Å². The molecule has 146 valence electrons. The van der Waals surface area contributed by atoms with Crippen molar-refractivity contribution in [3.8, 4) is 17.2 Å². The Morgan fingerprint density at radius 1 is 1.00 bits per heavy atom. The molecule has 1 atom stereocenters. The van der Waals surface area contributed by atoms with Crippen LogP contribution in [0, 0.1) is 6.92 Å². The van der Waals surface area contributed by atoms with Gasteiger partial charge in [-0.15, -0.1) is 0 Å². The highest BCUT2D eigenvalue weighted by atomic mass is 16.5. The number of rotatable bonds is 8. The lowest BCUT2D eigenvalue weighted by molar-refractivity contribution is 0.0925. The van der Waals surface area contributed by atoms with Crippen LogP contribution in [0.1, 0.15) is 48.2 Å². The molecule has 2 aromatic carbocycles.